The van der Waals surface area contributed by atoms with Gasteiger partial charge in [0.2, 0.25) is 0 Å². The maximum atomic E-state index is 12.8. The molecular weight excluding hydrogens is 382 g/mol. The van der Waals surface area contributed by atoms with Gasteiger partial charge < -0.3 is 9.80 Å². The molecule has 0 radical (unpaired) electrons. The Kier molecular flexibility index (Phi) is 4.90. The average Bonchev–Trinajstić information content (AvgIpc) is 3.11. The Balaban J connectivity index is 1.55. The van der Waals surface area contributed by atoms with Crippen molar-refractivity contribution >= 4 is 49.9 Å². The van der Waals surface area contributed by atoms with Gasteiger partial charge in [-0.3, -0.25) is 10.2 Å². The number of nitrogens with two attached hydrogens (primary N) is 1. The molecule has 4 rings (SSSR count). The lowest BCUT2D eigenvalue weighted by molar-refractivity contribution is 0.0746. The molecule has 27 heavy (non-hydrogen) atoms. The summed E-state index contributed by atoms with van der Waals surface area (Å²) < 4.78 is 1.03. The molecule has 0 saturated carbocycles. The number of piperazine rings is 1. The third-order valence-electron chi connectivity index (χ3n) is 4.87. The van der Waals surface area contributed by atoms with E-state index >= 15 is 0 Å². The molecule has 1 aliphatic heterocycles. The van der Waals surface area contributed by atoms with E-state index < -0.39 is 0 Å². The van der Waals surface area contributed by atoms with Gasteiger partial charge >= 0.3 is 0 Å². The molecule has 0 atom stereocenters. The number of nitrogens with zero attached hydrogens (tertiary/aromatic N) is 3. The number of nitrogen functional groups attached to an aromatic ring is 1. The van der Waals surface area contributed by atoms with Gasteiger partial charge in [0, 0.05) is 31.7 Å². The Hall–Kier alpha value is -2.35. The van der Waals surface area contributed by atoms with Crippen molar-refractivity contribution in [2.24, 2.45) is 5.84 Å². The molecule has 1 amide bonds. The number of fused-ring (bicyclic) bond motifs is 1. The Labute approximate surface area is 166 Å². The molecule has 140 valence electrons. The minimum Gasteiger partial charge on any atom is -0.365 e. The van der Waals surface area contributed by atoms with Gasteiger partial charge in [-0.1, -0.05) is 41.1 Å². The second kappa shape index (κ2) is 7.34. The number of nitrogens with one attached hydrogen (secondary N) is 1. The second-order valence-corrected chi connectivity index (χ2v) is 7.94. The predicted molar refractivity (Wildman–Crippen MR) is 112 cm³/mol. The zero-order chi connectivity index (χ0) is 19.0. The summed E-state index contributed by atoms with van der Waals surface area (Å²) in [6, 6.07) is 11.6. The number of aromatic nitrogens is 1. The van der Waals surface area contributed by atoms with E-state index in [1.165, 1.54) is 11.3 Å². The molecule has 6 nitrogen and oxygen atoms in total. The van der Waals surface area contributed by atoms with E-state index in [4.69, 9.17) is 17.4 Å². The molecule has 0 aliphatic carbocycles. The third-order valence-corrected chi connectivity index (χ3v) is 6.12. The first-order valence-electron chi connectivity index (χ1n) is 8.74. The number of amides is 1. The maximum Gasteiger partial charge on any atom is 0.254 e. The summed E-state index contributed by atoms with van der Waals surface area (Å²) in [4.78, 5) is 21.5. The van der Waals surface area contributed by atoms with Gasteiger partial charge in [0.25, 0.3) is 5.91 Å². The van der Waals surface area contributed by atoms with Crippen LogP contribution >= 0.6 is 22.9 Å². The summed E-state index contributed by atoms with van der Waals surface area (Å²) in [5.74, 6) is 5.59. The average molecular weight is 402 g/mol. The highest BCUT2D eigenvalue weighted by Gasteiger charge is 2.26. The van der Waals surface area contributed by atoms with Crippen molar-refractivity contribution in [3.05, 3.63) is 52.5 Å². The van der Waals surface area contributed by atoms with E-state index in [2.05, 4.69) is 15.3 Å². The maximum absolute atomic E-state index is 12.8. The first-order chi connectivity index (χ1) is 13.1. The Morgan fingerprint density at radius 3 is 2.63 bits per heavy atom. The summed E-state index contributed by atoms with van der Waals surface area (Å²) in [5.41, 5.74) is 6.13. The van der Waals surface area contributed by atoms with Crippen LogP contribution in [0.5, 0.6) is 0 Å². The van der Waals surface area contributed by atoms with Crippen LogP contribution in [0.15, 0.2) is 36.4 Å². The molecule has 2 heterocycles. The van der Waals surface area contributed by atoms with Crippen molar-refractivity contribution in [2.45, 2.75) is 6.92 Å². The molecule has 1 saturated heterocycles. The smallest absolute Gasteiger partial charge is 0.254 e. The van der Waals surface area contributed by atoms with Gasteiger partial charge in [-0.15, -0.1) is 0 Å². The number of rotatable bonds is 3. The van der Waals surface area contributed by atoms with E-state index in [1.807, 2.05) is 48.2 Å². The van der Waals surface area contributed by atoms with E-state index in [9.17, 15) is 4.79 Å². The fourth-order valence-corrected chi connectivity index (χ4v) is 4.49. The van der Waals surface area contributed by atoms with Gasteiger partial charge in [0.05, 0.1) is 15.4 Å². The van der Waals surface area contributed by atoms with Crippen LogP contribution in [0.4, 0.5) is 10.8 Å². The SMILES string of the molecule is Cc1ccccc1C(=O)N1CCN(c2c(Cl)ccc3sc(NN)nc23)CC1. The van der Waals surface area contributed by atoms with Crippen molar-refractivity contribution in [2.75, 3.05) is 36.5 Å². The van der Waals surface area contributed by atoms with E-state index in [0.717, 1.165) is 27.0 Å². The second-order valence-electron chi connectivity index (χ2n) is 6.50. The van der Waals surface area contributed by atoms with Gasteiger partial charge in [-0.05, 0) is 30.7 Å². The predicted octanol–water partition coefficient (Wildman–Crippen LogP) is 3.51. The highest BCUT2D eigenvalue weighted by atomic mass is 35.5. The minimum atomic E-state index is 0.0836. The Morgan fingerprint density at radius 1 is 1.19 bits per heavy atom. The lowest BCUT2D eigenvalue weighted by atomic mass is 10.1. The molecule has 0 unspecified atom stereocenters. The number of anilines is 2. The minimum absolute atomic E-state index is 0.0836. The zero-order valence-corrected chi connectivity index (χ0v) is 16.5. The number of benzene rings is 2. The molecule has 3 N–H and O–H groups in total. The molecular formula is C19H20ClN5OS. The molecule has 2 aromatic carbocycles. The summed E-state index contributed by atoms with van der Waals surface area (Å²) in [6.07, 6.45) is 0. The number of hydrogen-bond acceptors (Lipinski definition) is 6. The fraction of sp³-hybridized carbons (Fsp3) is 0.263. The molecule has 0 spiro atoms. The normalized spacial score (nSPS) is 14.6. The largest absolute Gasteiger partial charge is 0.365 e. The standard InChI is InChI=1S/C19H20ClN5OS/c1-12-4-2-3-5-13(12)18(26)25-10-8-24(9-11-25)17-14(20)6-7-15-16(17)22-19(23-21)27-15/h2-7H,8-11,21H2,1H3,(H,22,23). The first-order valence-corrected chi connectivity index (χ1v) is 9.93. The number of aryl methyl sites for hydroxylation is 1. The lowest BCUT2D eigenvalue weighted by Crippen LogP contribution is -2.49. The first kappa shape index (κ1) is 18.0. The van der Waals surface area contributed by atoms with Crippen LogP contribution in [0.2, 0.25) is 5.02 Å². The number of halogens is 1. The van der Waals surface area contributed by atoms with E-state index in [-0.39, 0.29) is 5.91 Å². The van der Waals surface area contributed by atoms with Gasteiger partial charge in [-0.2, -0.15) is 0 Å². The molecule has 1 aromatic heterocycles. The summed E-state index contributed by atoms with van der Waals surface area (Å²) >= 11 is 7.99. The number of carbonyl (C=O) groups excluding carboxylic acids is 1. The van der Waals surface area contributed by atoms with Crippen LogP contribution in [-0.4, -0.2) is 42.0 Å². The van der Waals surface area contributed by atoms with Crippen LogP contribution in [-0.2, 0) is 0 Å². The molecule has 1 fully saturated rings. The van der Waals surface area contributed by atoms with Gasteiger partial charge in [-0.25, -0.2) is 10.8 Å². The van der Waals surface area contributed by atoms with Crippen LogP contribution in [0.3, 0.4) is 0 Å². The zero-order valence-electron chi connectivity index (χ0n) is 14.9. The summed E-state index contributed by atoms with van der Waals surface area (Å²) in [6.45, 7) is 4.67. The summed E-state index contributed by atoms with van der Waals surface area (Å²) in [5, 5.41) is 1.32. The molecule has 0 bridgehead atoms. The number of hydrogen-bond donors (Lipinski definition) is 2. The number of hydrazine groups is 1. The molecule has 3 aromatic rings. The fourth-order valence-electron chi connectivity index (χ4n) is 3.43. The monoisotopic (exact) mass is 401 g/mol. The van der Waals surface area contributed by atoms with Gasteiger partial charge in [0.1, 0.15) is 5.52 Å². The third kappa shape index (κ3) is 3.34. The van der Waals surface area contributed by atoms with Crippen LogP contribution in [0, 0.1) is 6.92 Å². The Bertz CT molecular complexity index is 997. The van der Waals surface area contributed by atoms with E-state index in [1.54, 1.807) is 0 Å². The van der Waals surface area contributed by atoms with Crippen molar-refractivity contribution in [1.82, 2.24) is 9.88 Å². The highest BCUT2D eigenvalue weighted by Crippen LogP contribution is 2.38. The highest BCUT2D eigenvalue weighted by molar-refractivity contribution is 7.22. The van der Waals surface area contributed by atoms with Crippen molar-refractivity contribution in [3.8, 4) is 0 Å². The number of thiazole rings is 1. The van der Waals surface area contributed by atoms with Crippen molar-refractivity contribution in [1.29, 1.82) is 0 Å². The van der Waals surface area contributed by atoms with Crippen molar-refractivity contribution in [3.63, 3.8) is 0 Å². The van der Waals surface area contributed by atoms with E-state index in [0.29, 0.717) is 36.3 Å². The van der Waals surface area contributed by atoms with Crippen LogP contribution in [0.25, 0.3) is 10.2 Å². The van der Waals surface area contributed by atoms with Gasteiger partial charge in [0.15, 0.2) is 5.13 Å². The lowest BCUT2D eigenvalue weighted by Gasteiger charge is -2.36. The topological polar surface area (TPSA) is 74.5 Å². The van der Waals surface area contributed by atoms with Crippen LogP contribution in [0.1, 0.15) is 15.9 Å². The Morgan fingerprint density at radius 2 is 1.93 bits per heavy atom. The van der Waals surface area contributed by atoms with Crippen LogP contribution < -0.4 is 16.2 Å². The number of carbonyl (C=O) groups is 1. The molecule has 1 aliphatic rings. The summed E-state index contributed by atoms with van der Waals surface area (Å²) in [7, 11) is 0. The van der Waals surface area contributed by atoms with Crippen molar-refractivity contribution < 1.29 is 4.79 Å². The molecule has 8 heteroatoms. The quantitative estimate of drug-likeness (QED) is 0.519.